The highest BCUT2D eigenvalue weighted by Crippen LogP contribution is 2.29. The molecule has 0 spiro atoms. The van der Waals surface area contributed by atoms with Gasteiger partial charge in [0, 0.05) is 19.1 Å². The molecule has 0 aromatic heterocycles. The molecule has 1 aliphatic carbocycles. The molecule has 2 amide bonds. The summed E-state index contributed by atoms with van der Waals surface area (Å²) in [7, 11) is 0. The van der Waals surface area contributed by atoms with E-state index in [1.807, 2.05) is 0 Å². The lowest BCUT2D eigenvalue weighted by Crippen LogP contribution is -2.54. The van der Waals surface area contributed by atoms with Crippen molar-refractivity contribution < 1.29 is 9.59 Å². The van der Waals surface area contributed by atoms with Gasteiger partial charge in [-0.3, -0.25) is 9.59 Å². The number of amides is 2. The van der Waals surface area contributed by atoms with E-state index >= 15 is 0 Å². The van der Waals surface area contributed by atoms with Crippen molar-refractivity contribution >= 4 is 11.8 Å². The highest BCUT2D eigenvalue weighted by Gasteiger charge is 2.35. The molecule has 1 saturated carbocycles. The van der Waals surface area contributed by atoms with Crippen LogP contribution in [0.25, 0.3) is 0 Å². The minimum Gasteiger partial charge on any atom is -0.353 e. The predicted molar refractivity (Wildman–Crippen MR) is 64.1 cm³/mol. The third-order valence-corrected chi connectivity index (χ3v) is 3.83. The molecule has 0 aromatic carbocycles. The summed E-state index contributed by atoms with van der Waals surface area (Å²) in [5.41, 5.74) is 6.04. The summed E-state index contributed by atoms with van der Waals surface area (Å²) >= 11 is 0. The minimum absolute atomic E-state index is 0.0383. The van der Waals surface area contributed by atoms with Crippen molar-refractivity contribution in [3.8, 4) is 0 Å². The Kier molecular flexibility index (Phi) is 3.66. The van der Waals surface area contributed by atoms with Crippen LogP contribution in [-0.4, -0.2) is 42.4 Å². The van der Waals surface area contributed by atoms with Crippen molar-refractivity contribution in [2.75, 3.05) is 19.6 Å². The number of rotatable bonds is 1. The van der Waals surface area contributed by atoms with E-state index in [2.05, 4.69) is 12.2 Å². The summed E-state index contributed by atoms with van der Waals surface area (Å²) in [5.74, 6) is 0.466. The summed E-state index contributed by atoms with van der Waals surface area (Å²) in [6.45, 7) is 3.52. The highest BCUT2D eigenvalue weighted by molar-refractivity contribution is 5.87. The first-order valence-corrected chi connectivity index (χ1v) is 6.39. The van der Waals surface area contributed by atoms with Crippen LogP contribution in [0.3, 0.4) is 0 Å². The Bertz CT molecular complexity index is 319. The first-order chi connectivity index (χ1) is 8.08. The molecule has 1 aliphatic heterocycles. The first kappa shape index (κ1) is 12.4. The number of carbonyl (C=O) groups excluding carboxylic acids is 2. The summed E-state index contributed by atoms with van der Waals surface area (Å²) in [4.78, 5) is 25.2. The van der Waals surface area contributed by atoms with E-state index in [1.54, 1.807) is 4.90 Å². The summed E-state index contributed by atoms with van der Waals surface area (Å²) in [6.07, 6.45) is 2.88. The van der Waals surface area contributed by atoms with Crippen LogP contribution in [0, 0.1) is 11.8 Å². The fourth-order valence-corrected chi connectivity index (χ4v) is 2.75. The zero-order chi connectivity index (χ0) is 12.4. The van der Waals surface area contributed by atoms with Crippen LogP contribution in [-0.2, 0) is 9.59 Å². The molecular formula is C12H21N3O2. The van der Waals surface area contributed by atoms with E-state index in [1.165, 1.54) is 0 Å². The monoisotopic (exact) mass is 239 g/mol. The maximum Gasteiger partial charge on any atom is 0.239 e. The van der Waals surface area contributed by atoms with Gasteiger partial charge in [0.05, 0.1) is 12.5 Å². The topological polar surface area (TPSA) is 75.4 Å². The lowest BCUT2D eigenvalue weighted by Gasteiger charge is -2.36. The van der Waals surface area contributed by atoms with E-state index in [0.29, 0.717) is 19.0 Å². The second-order valence-electron chi connectivity index (χ2n) is 5.30. The van der Waals surface area contributed by atoms with Gasteiger partial charge in [-0.25, -0.2) is 0 Å². The van der Waals surface area contributed by atoms with Gasteiger partial charge in [-0.15, -0.1) is 0 Å². The molecule has 3 atom stereocenters. The van der Waals surface area contributed by atoms with Gasteiger partial charge in [0.2, 0.25) is 11.8 Å². The van der Waals surface area contributed by atoms with Gasteiger partial charge in [-0.05, 0) is 25.2 Å². The highest BCUT2D eigenvalue weighted by atomic mass is 16.2. The summed E-state index contributed by atoms with van der Waals surface area (Å²) < 4.78 is 0. The van der Waals surface area contributed by atoms with Crippen molar-refractivity contribution in [2.24, 2.45) is 17.6 Å². The molecule has 5 nitrogen and oxygen atoms in total. The van der Waals surface area contributed by atoms with Gasteiger partial charge >= 0.3 is 0 Å². The number of piperazine rings is 1. The smallest absolute Gasteiger partial charge is 0.239 e. The predicted octanol–water partition coefficient (Wildman–Crippen LogP) is -0.292. The molecule has 2 rings (SSSR count). The number of hydrogen-bond acceptors (Lipinski definition) is 3. The fourth-order valence-electron chi connectivity index (χ4n) is 2.75. The van der Waals surface area contributed by atoms with Crippen molar-refractivity contribution in [1.29, 1.82) is 0 Å². The SMILES string of the molecule is CC1CCC(N)C(C(=O)N2CCNC(=O)C2)C1. The number of nitrogens with two attached hydrogens (primary N) is 1. The van der Waals surface area contributed by atoms with Crippen LogP contribution >= 0.6 is 0 Å². The van der Waals surface area contributed by atoms with Crippen molar-refractivity contribution in [3.05, 3.63) is 0 Å². The van der Waals surface area contributed by atoms with E-state index in [-0.39, 0.29) is 30.3 Å². The first-order valence-electron chi connectivity index (χ1n) is 6.39. The maximum absolute atomic E-state index is 12.3. The largest absolute Gasteiger partial charge is 0.353 e. The van der Waals surface area contributed by atoms with Crippen molar-refractivity contribution in [3.63, 3.8) is 0 Å². The van der Waals surface area contributed by atoms with Crippen LogP contribution < -0.4 is 11.1 Å². The number of hydrogen-bond donors (Lipinski definition) is 2. The second kappa shape index (κ2) is 5.04. The van der Waals surface area contributed by atoms with Crippen LogP contribution in [0.15, 0.2) is 0 Å². The molecule has 2 fully saturated rings. The Labute approximate surface area is 102 Å². The minimum atomic E-state index is -0.0929. The summed E-state index contributed by atoms with van der Waals surface area (Å²) in [5, 5.41) is 2.73. The molecule has 3 unspecified atom stereocenters. The van der Waals surface area contributed by atoms with Crippen LogP contribution in [0.5, 0.6) is 0 Å². The van der Waals surface area contributed by atoms with Gasteiger partial charge in [0.25, 0.3) is 0 Å². The maximum atomic E-state index is 12.3. The fraction of sp³-hybridized carbons (Fsp3) is 0.833. The quantitative estimate of drug-likeness (QED) is 0.660. The summed E-state index contributed by atoms with van der Waals surface area (Å²) in [6, 6.07) is -0.0383. The van der Waals surface area contributed by atoms with Gasteiger partial charge in [0.1, 0.15) is 0 Å². The molecule has 17 heavy (non-hydrogen) atoms. The van der Waals surface area contributed by atoms with Crippen LogP contribution in [0.4, 0.5) is 0 Å². The molecule has 0 radical (unpaired) electrons. The third kappa shape index (κ3) is 2.77. The number of carbonyl (C=O) groups is 2. The molecule has 0 bridgehead atoms. The lowest BCUT2D eigenvalue weighted by molar-refractivity contribution is -0.143. The molecule has 96 valence electrons. The molecule has 1 heterocycles. The Hall–Kier alpha value is -1.10. The van der Waals surface area contributed by atoms with Gasteiger partial charge in [-0.2, -0.15) is 0 Å². The molecule has 2 aliphatic rings. The molecule has 5 heteroatoms. The van der Waals surface area contributed by atoms with Gasteiger partial charge < -0.3 is 16.0 Å². The average Bonchev–Trinajstić information content (AvgIpc) is 2.31. The van der Waals surface area contributed by atoms with Crippen molar-refractivity contribution in [2.45, 2.75) is 32.2 Å². The zero-order valence-electron chi connectivity index (χ0n) is 10.3. The van der Waals surface area contributed by atoms with E-state index in [9.17, 15) is 9.59 Å². The Morgan fingerprint density at radius 3 is 2.94 bits per heavy atom. The molecule has 3 N–H and O–H groups in total. The van der Waals surface area contributed by atoms with Crippen LogP contribution in [0.1, 0.15) is 26.2 Å². The molecule has 0 aromatic rings. The Morgan fingerprint density at radius 2 is 2.24 bits per heavy atom. The normalized spacial score (nSPS) is 34.4. The number of nitrogens with zero attached hydrogens (tertiary/aromatic N) is 1. The number of nitrogens with one attached hydrogen (secondary N) is 1. The molecule has 1 saturated heterocycles. The molecular weight excluding hydrogens is 218 g/mol. The lowest BCUT2D eigenvalue weighted by atomic mass is 9.78. The van der Waals surface area contributed by atoms with E-state index in [4.69, 9.17) is 5.73 Å². The van der Waals surface area contributed by atoms with E-state index < -0.39 is 0 Å². The standard InChI is InChI=1S/C12H21N3O2/c1-8-2-3-10(13)9(6-8)12(17)15-5-4-14-11(16)7-15/h8-10H,2-7,13H2,1H3,(H,14,16). The average molecular weight is 239 g/mol. The van der Waals surface area contributed by atoms with E-state index in [0.717, 1.165) is 19.3 Å². The van der Waals surface area contributed by atoms with Crippen molar-refractivity contribution in [1.82, 2.24) is 10.2 Å². The van der Waals surface area contributed by atoms with Gasteiger partial charge in [-0.1, -0.05) is 6.92 Å². The van der Waals surface area contributed by atoms with Crippen LogP contribution in [0.2, 0.25) is 0 Å². The Morgan fingerprint density at radius 1 is 1.47 bits per heavy atom. The van der Waals surface area contributed by atoms with Gasteiger partial charge in [0.15, 0.2) is 0 Å². The Balaban J connectivity index is 2.00. The zero-order valence-corrected chi connectivity index (χ0v) is 10.3. The third-order valence-electron chi connectivity index (χ3n) is 3.83. The second-order valence-corrected chi connectivity index (χ2v) is 5.30.